The van der Waals surface area contributed by atoms with Crippen molar-refractivity contribution in [3.63, 3.8) is 0 Å². The fourth-order valence-corrected chi connectivity index (χ4v) is 2.28. The summed E-state index contributed by atoms with van der Waals surface area (Å²) in [7, 11) is 1.43. The van der Waals surface area contributed by atoms with Crippen LogP contribution in [0.3, 0.4) is 0 Å². The molecule has 112 valence electrons. The number of benzene rings is 2. The van der Waals surface area contributed by atoms with Crippen LogP contribution in [0.2, 0.25) is 0 Å². The molecule has 2 atom stereocenters. The zero-order valence-electron chi connectivity index (χ0n) is 11.6. The molecule has 0 saturated heterocycles. The van der Waals surface area contributed by atoms with Gasteiger partial charge in [-0.3, -0.25) is 0 Å². The normalized spacial score (nSPS) is 13.8. The molecule has 5 heteroatoms. The molecule has 0 amide bonds. The van der Waals surface area contributed by atoms with Crippen LogP contribution >= 0.6 is 0 Å². The SMILES string of the molecule is COc1ccc(C(O)C(CN)c2cccc(F)c2)c(F)c1. The maximum atomic E-state index is 14.0. The predicted octanol–water partition coefficient (Wildman–Crippen LogP) is 2.75. The molecule has 2 aromatic rings. The molecule has 21 heavy (non-hydrogen) atoms. The number of halogens is 2. The van der Waals surface area contributed by atoms with E-state index in [9.17, 15) is 13.9 Å². The van der Waals surface area contributed by atoms with Crippen molar-refractivity contribution in [2.24, 2.45) is 5.73 Å². The third-order valence-electron chi connectivity index (χ3n) is 3.44. The van der Waals surface area contributed by atoms with E-state index in [1.54, 1.807) is 12.1 Å². The molecule has 3 N–H and O–H groups in total. The van der Waals surface area contributed by atoms with Crippen molar-refractivity contribution in [1.82, 2.24) is 0 Å². The van der Waals surface area contributed by atoms with Crippen LogP contribution in [0.5, 0.6) is 5.75 Å². The molecule has 0 radical (unpaired) electrons. The molecule has 2 rings (SSSR count). The van der Waals surface area contributed by atoms with Crippen LogP contribution in [-0.4, -0.2) is 18.8 Å². The Labute approximate surface area is 122 Å². The number of aliphatic hydroxyl groups is 1. The van der Waals surface area contributed by atoms with E-state index >= 15 is 0 Å². The fraction of sp³-hybridized carbons (Fsp3) is 0.250. The van der Waals surface area contributed by atoms with Crippen molar-refractivity contribution in [3.05, 3.63) is 65.2 Å². The van der Waals surface area contributed by atoms with E-state index in [0.717, 1.165) is 0 Å². The monoisotopic (exact) mass is 293 g/mol. The first-order valence-electron chi connectivity index (χ1n) is 6.54. The van der Waals surface area contributed by atoms with Gasteiger partial charge in [-0.25, -0.2) is 8.78 Å². The predicted molar refractivity (Wildman–Crippen MR) is 76.1 cm³/mol. The van der Waals surface area contributed by atoms with Crippen molar-refractivity contribution in [2.45, 2.75) is 12.0 Å². The molecular weight excluding hydrogens is 276 g/mol. The van der Waals surface area contributed by atoms with Gasteiger partial charge in [0.15, 0.2) is 0 Å². The van der Waals surface area contributed by atoms with E-state index in [0.29, 0.717) is 11.3 Å². The molecule has 0 heterocycles. The van der Waals surface area contributed by atoms with Crippen LogP contribution in [0.25, 0.3) is 0 Å². The summed E-state index contributed by atoms with van der Waals surface area (Å²) in [6.45, 7) is 0.0656. The van der Waals surface area contributed by atoms with Crippen molar-refractivity contribution in [3.8, 4) is 5.75 Å². The van der Waals surface area contributed by atoms with Crippen LogP contribution in [0, 0.1) is 11.6 Å². The van der Waals surface area contributed by atoms with E-state index in [1.165, 1.54) is 37.4 Å². The Morgan fingerprint density at radius 3 is 2.52 bits per heavy atom. The second-order valence-electron chi connectivity index (χ2n) is 4.73. The standard InChI is InChI=1S/C16H17F2NO2/c1-21-12-5-6-13(15(18)8-12)16(20)14(9-19)10-3-2-4-11(17)7-10/h2-8,14,16,20H,9,19H2,1H3. The Kier molecular flexibility index (Phi) is 4.88. The van der Waals surface area contributed by atoms with Crippen molar-refractivity contribution in [1.29, 1.82) is 0 Å². The van der Waals surface area contributed by atoms with E-state index in [2.05, 4.69) is 0 Å². The Morgan fingerprint density at radius 2 is 1.95 bits per heavy atom. The van der Waals surface area contributed by atoms with Crippen molar-refractivity contribution < 1.29 is 18.6 Å². The highest BCUT2D eigenvalue weighted by atomic mass is 19.1. The Hall–Kier alpha value is -1.98. The van der Waals surface area contributed by atoms with Gasteiger partial charge in [0.05, 0.1) is 13.2 Å². The zero-order chi connectivity index (χ0) is 15.4. The van der Waals surface area contributed by atoms with Gasteiger partial charge in [0.2, 0.25) is 0 Å². The molecule has 0 saturated carbocycles. The molecule has 3 nitrogen and oxygen atoms in total. The highest BCUT2D eigenvalue weighted by molar-refractivity contribution is 5.33. The molecule has 0 aliphatic carbocycles. The number of hydrogen-bond acceptors (Lipinski definition) is 3. The summed E-state index contributed by atoms with van der Waals surface area (Å²) in [4.78, 5) is 0. The van der Waals surface area contributed by atoms with Gasteiger partial charge in [0.1, 0.15) is 17.4 Å². The molecule has 2 aromatic carbocycles. The second kappa shape index (κ2) is 6.65. The third-order valence-corrected chi connectivity index (χ3v) is 3.44. The minimum atomic E-state index is -1.16. The molecular formula is C16H17F2NO2. The lowest BCUT2D eigenvalue weighted by Crippen LogP contribution is -2.21. The first kappa shape index (κ1) is 15.4. The molecule has 0 bridgehead atoms. The first-order chi connectivity index (χ1) is 10.1. The molecule has 0 aliphatic heterocycles. The highest BCUT2D eigenvalue weighted by Gasteiger charge is 2.24. The molecule has 2 unspecified atom stereocenters. The van der Waals surface area contributed by atoms with E-state index in [1.807, 2.05) is 0 Å². The average molecular weight is 293 g/mol. The average Bonchev–Trinajstić information content (AvgIpc) is 2.47. The van der Waals surface area contributed by atoms with Gasteiger partial charge in [-0.05, 0) is 29.8 Å². The van der Waals surface area contributed by atoms with E-state index < -0.39 is 23.7 Å². The first-order valence-corrected chi connectivity index (χ1v) is 6.54. The summed E-state index contributed by atoms with van der Waals surface area (Å²) < 4.78 is 32.2. The third kappa shape index (κ3) is 3.37. The Morgan fingerprint density at radius 1 is 1.19 bits per heavy atom. The molecule has 0 spiro atoms. The molecule has 0 aliphatic rings. The van der Waals surface area contributed by atoms with Gasteiger partial charge in [0, 0.05) is 24.1 Å². The summed E-state index contributed by atoms with van der Waals surface area (Å²) in [5, 5.41) is 10.4. The van der Waals surface area contributed by atoms with Gasteiger partial charge < -0.3 is 15.6 Å². The lowest BCUT2D eigenvalue weighted by molar-refractivity contribution is 0.143. The van der Waals surface area contributed by atoms with Gasteiger partial charge in [-0.15, -0.1) is 0 Å². The van der Waals surface area contributed by atoms with Crippen molar-refractivity contribution >= 4 is 0 Å². The topological polar surface area (TPSA) is 55.5 Å². The fourth-order valence-electron chi connectivity index (χ4n) is 2.28. The number of hydrogen-bond donors (Lipinski definition) is 2. The number of ether oxygens (including phenoxy) is 1. The van der Waals surface area contributed by atoms with Crippen LogP contribution in [0.1, 0.15) is 23.1 Å². The minimum Gasteiger partial charge on any atom is -0.497 e. The van der Waals surface area contributed by atoms with Crippen LogP contribution in [0.4, 0.5) is 8.78 Å². The van der Waals surface area contributed by atoms with Crippen LogP contribution in [-0.2, 0) is 0 Å². The maximum absolute atomic E-state index is 14.0. The maximum Gasteiger partial charge on any atom is 0.132 e. The van der Waals surface area contributed by atoms with E-state index in [4.69, 9.17) is 10.5 Å². The summed E-state index contributed by atoms with van der Waals surface area (Å²) in [5.74, 6) is -1.24. The van der Waals surface area contributed by atoms with Gasteiger partial charge in [0.25, 0.3) is 0 Å². The van der Waals surface area contributed by atoms with Gasteiger partial charge in [-0.2, -0.15) is 0 Å². The molecule has 0 aromatic heterocycles. The highest BCUT2D eigenvalue weighted by Crippen LogP contribution is 2.33. The van der Waals surface area contributed by atoms with E-state index in [-0.39, 0.29) is 12.1 Å². The Balaban J connectivity index is 2.34. The molecule has 0 fully saturated rings. The number of nitrogens with two attached hydrogens (primary N) is 1. The smallest absolute Gasteiger partial charge is 0.132 e. The minimum absolute atomic E-state index is 0.0656. The van der Waals surface area contributed by atoms with Crippen LogP contribution < -0.4 is 10.5 Å². The number of methoxy groups -OCH3 is 1. The van der Waals surface area contributed by atoms with Crippen molar-refractivity contribution in [2.75, 3.05) is 13.7 Å². The summed E-state index contributed by atoms with van der Waals surface area (Å²) in [6.07, 6.45) is -1.16. The summed E-state index contributed by atoms with van der Waals surface area (Å²) in [5.41, 5.74) is 6.30. The lowest BCUT2D eigenvalue weighted by atomic mass is 9.89. The Bertz CT molecular complexity index is 619. The summed E-state index contributed by atoms with van der Waals surface area (Å²) in [6, 6.07) is 9.98. The summed E-state index contributed by atoms with van der Waals surface area (Å²) >= 11 is 0. The largest absolute Gasteiger partial charge is 0.497 e. The van der Waals surface area contributed by atoms with Gasteiger partial charge in [-0.1, -0.05) is 12.1 Å². The van der Waals surface area contributed by atoms with Gasteiger partial charge >= 0.3 is 0 Å². The second-order valence-corrected chi connectivity index (χ2v) is 4.73. The quantitative estimate of drug-likeness (QED) is 0.891. The van der Waals surface area contributed by atoms with Crippen LogP contribution in [0.15, 0.2) is 42.5 Å². The number of aliphatic hydroxyl groups excluding tert-OH is 1. The number of rotatable bonds is 5. The lowest BCUT2D eigenvalue weighted by Gasteiger charge is -2.23. The zero-order valence-corrected chi connectivity index (χ0v) is 11.6.